The van der Waals surface area contributed by atoms with Gasteiger partial charge in [0, 0.05) is 0 Å². The summed E-state index contributed by atoms with van der Waals surface area (Å²) in [7, 11) is 1.42. The molecule has 4 rings (SSSR count). The van der Waals surface area contributed by atoms with Gasteiger partial charge in [0.2, 0.25) is 0 Å². The van der Waals surface area contributed by atoms with Crippen molar-refractivity contribution < 1.29 is 19.4 Å². The van der Waals surface area contributed by atoms with Gasteiger partial charge in [0.05, 0.1) is 0 Å². The summed E-state index contributed by atoms with van der Waals surface area (Å²) in [5.41, 5.74) is 2.61. The van der Waals surface area contributed by atoms with Gasteiger partial charge in [-0.15, -0.1) is 0 Å². The Morgan fingerprint density at radius 1 is 0.694 bits per heavy atom. The number of aliphatic hydroxyl groups excluding tert-OH is 1. The van der Waals surface area contributed by atoms with E-state index in [1.165, 1.54) is 11.6 Å². The molecule has 0 saturated carbocycles. The van der Waals surface area contributed by atoms with Crippen LogP contribution in [0.3, 0.4) is 0 Å². The molecule has 4 nitrogen and oxygen atoms in total. The maximum absolute atomic E-state index is 12.5. The Hall–Kier alpha value is -3.21. The van der Waals surface area contributed by atoms with Gasteiger partial charge in [0.1, 0.15) is 0 Å². The third-order valence-corrected chi connectivity index (χ3v) is 8.59. The van der Waals surface area contributed by atoms with E-state index >= 15 is 0 Å². The molecule has 184 valence electrons. The number of hydrogen-bond donors (Lipinski definition) is 1. The predicted octanol–water partition coefficient (Wildman–Crippen LogP) is 5.60. The van der Waals surface area contributed by atoms with Gasteiger partial charge in [-0.3, -0.25) is 0 Å². The summed E-state index contributed by atoms with van der Waals surface area (Å²) in [4.78, 5) is 12.4. The van der Waals surface area contributed by atoms with Crippen LogP contribution in [-0.4, -0.2) is 33.1 Å². The molecule has 0 radical (unpaired) electrons. The van der Waals surface area contributed by atoms with E-state index in [1.807, 2.05) is 109 Å². The second-order valence-corrected chi connectivity index (χ2v) is 11.2. The molecule has 0 aliphatic carbocycles. The van der Waals surface area contributed by atoms with Crippen molar-refractivity contribution in [1.29, 1.82) is 0 Å². The third kappa shape index (κ3) is 6.93. The molecule has 0 aromatic heterocycles. The van der Waals surface area contributed by atoms with Gasteiger partial charge in [-0.05, 0) is 0 Å². The van der Waals surface area contributed by atoms with Crippen LogP contribution in [0, 0.1) is 0 Å². The van der Waals surface area contributed by atoms with Crippen LogP contribution >= 0.6 is 0 Å². The molecule has 4 aromatic carbocycles. The maximum atomic E-state index is 12.5. The number of methoxy groups -OCH3 is 1. The fraction of sp³-hybridized carbons (Fsp3) is 0.194. The summed E-state index contributed by atoms with van der Waals surface area (Å²) >= 11 is -0.0884. The first-order valence-electron chi connectivity index (χ1n) is 11.9. The van der Waals surface area contributed by atoms with Crippen molar-refractivity contribution in [2.24, 2.45) is 0 Å². The summed E-state index contributed by atoms with van der Waals surface area (Å²) in [5, 5.41) is 11.5. The van der Waals surface area contributed by atoms with Crippen molar-refractivity contribution in [3.05, 3.63) is 138 Å². The van der Waals surface area contributed by atoms with Crippen LogP contribution in [0.5, 0.6) is 0 Å². The van der Waals surface area contributed by atoms with E-state index in [2.05, 4.69) is 12.1 Å². The molecular weight excluding hydrogens is 515 g/mol. The quantitative estimate of drug-likeness (QED) is 0.197. The Morgan fingerprint density at radius 3 is 1.64 bits per heavy atom. The average Bonchev–Trinajstić information content (AvgIpc) is 2.95. The summed E-state index contributed by atoms with van der Waals surface area (Å²) in [6, 6.07) is 39.5. The van der Waals surface area contributed by atoms with Crippen molar-refractivity contribution >= 4 is 25.4 Å². The Labute approximate surface area is 219 Å². The second kappa shape index (κ2) is 13.2. The molecule has 5 heteroatoms. The number of rotatable bonds is 11. The van der Waals surface area contributed by atoms with E-state index in [9.17, 15) is 9.90 Å². The molecular formula is C31H30O4Se. The van der Waals surface area contributed by atoms with Gasteiger partial charge in [-0.1, -0.05) is 0 Å². The van der Waals surface area contributed by atoms with Gasteiger partial charge in [0.25, 0.3) is 0 Å². The number of carbonyl (C=O) groups excluding carboxylic acids is 1. The first-order chi connectivity index (χ1) is 17.7. The Morgan fingerprint density at radius 2 is 1.14 bits per heavy atom. The molecule has 0 amide bonds. The van der Waals surface area contributed by atoms with Crippen molar-refractivity contribution in [2.45, 2.75) is 29.5 Å². The topological polar surface area (TPSA) is 55.8 Å². The Bertz CT molecular complexity index is 1190. The minimum atomic E-state index is -0.886. The van der Waals surface area contributed by atoms with Crippen LogP contribution in [0.2, 0.25) is 4.82 Å². The SMILES string of the molecule is COC(=O)C[C@@H]([Se]c1ccccc1)[C@@H](O[C@H](c1ccccc1)[C@H](O)c1ccccc1)c1ccccc1. The Balaban J connectivity index is 1.75. The molecule has 0 aliphatic heterocycles. The minimum absolute atomic E-state index is 0.0884. The fourth-order valence-electron chi connectivity index (χ4n) is 4.12. The number of hydrogen-bond acceptors (Lipinski definition) is 4. The molecule has 1 N–H and O–H groups in total. The molecule has 0 heterocycles. The van der Waals surface area contributed by atoms with Crippen molar-refractivity contribution in [2.75, 3.05) is 7.11 Å². The van der Waals surface area contributed by atoms with E-state index < -0.39 is 18.3 Å². The molecule has 0 unspecified atom stereocenters. The van der Waals surface area contributed by atoms with E-state index in [-0.39, 0.29) is 32.2 Å². The van der Waals surface area contributed by atoms with Crippen LogP contribution in [-0.2, 0) is 14.3 Å². The predicted molar refractivity (Wildman–Crippen MR) is 143 cm³/mol. The van der Waals surface area contributed by atoms with Crippen molar-refractivity contribution in [1.82, 2.24) is 0 Å². The van der Waals surface area contributed by atoms with E-state index in [0.717, 1.165) is 16.7 Å². The zero-order valence-electron chi connectivity index (χ0n) is 20.1. The number of benzene rings is 4. The molecule has 4 atom stereocenters. The van der Waals surface area contributed by atoms with Crippen LogP contribution < -0.4 is 4.46 Å². The normalized spacial score (nSPS) is 14.4. The summed E-state index contributed by atoms with van der Waals surface area (Å²) in [6.45, 7) is 0. The summed E-state index contributed by atoms with van der Waals surface area (Å²) < 4.78 is 13.1. The van der Waals surface area contributed by atoms with Crippen LogP contribution in [0.15, 0.2) is 121 Å². The van der Waals surface area contributed by atoms with E-state index in [1.54, 1.807) is 0 Å². The molecule has 0 fully saturated rings. The first-order valence-corrected chi connectivity index (χ1v) is 13.8. The first kappa shape index (κ1) is 25.9. The van der Waals surface area contributed by atoms with Crippen LogP contribution in [0.1, 0.15) is 41.4 Å². The Kier molecular flexibility index (Phi) is 9.48. The molecule has 36 heavy (non-hydrogen) atoms. The summed E-state index contributed by atoms with van der Waals surface area (Å²) in [5.74, 6) is -0.276. The molecule has 0 spiro atoms. The number of esters is 1. The van der Waals surface area contributed by atoms with Crippen LogP contribution in [0.25, 0.3) is 0 Å². The molecule has 0 saturated heterocycles. The number of ether oxygens (including phenoxy) is 2. The second-order valence-electron chi connectivity index (χ2n) is 8.40. The van der Waals surface area contributed by atoms with Crippen LogP contribution in [0.4, 0.5) is 0 Å². The van der Waals surface area contributed by atoms with Gasteiger partial charge in [0.15, 0.2) is 0 Å². The number of carbonyl (C=O) groups is 1. The molecule has 0 aliphatic rings. The third-order valence-electron chi connectivity index (χ3n) is 5.94. The zero-order chi connectivity index (χ0) is 25.2. The standard InChI is InChI=1S/C31H30O4Se/c1-34-28(32)22-27(36-26-20-12-5-13-21-26)30(24-16-8-3-9-17-24)35-31(25-18-10-4-11-19-25)29(33)23-14-6-2-7-15-23/h2-21,27,29-31,33H,22H2,1H3/t27-,29-,30+,31-/m1/s1. The van der Waals surface area contributed by atoms with E-state index in [4.69, 9.17) is 9.47 Å². The van der Waals surface area contributed by atoms with Gasteiger partial charge in [-0.25, -0.2) is 0 Å². The zero-order valence-corrected chi connectivity index (χ0v) is 21.9. The molecule has 0 bridgehead atoms. The van der Waals surface area contributed by atoms with Gasteiger partial charge < -0.3 is 0 Å². The van der Waals surface area contributed by atoms with Crippen molar-refractivity contribution in [3.8, 4) is 0 Å². The van der Waals surface area contributed by atoms with Gasteiger partial charge >= 0.3 is 219 Å². The number of aliphatic hydroxyl groups is 1. The summed E-state index contributed by atoms with van der Waals surface area (Å²) in [6.07, 6.45) is -1.74. The average molecular weight is 546 g/mol. The van der Waals surface area contributed by atoms with Crippen molar-refractivity contribution in [3.63, 3.8) is 0 Å². The molecule has 4 aromatic rings. The van der Waals surface area contributed by atoms with E-state index in [0.29, 0.717) is 0 Å². The fourth-order valence-corrected chi connectivity index (χ4v) is 6.69. The van der Waals surface area contributed by atoms with Gasteiger partial charge in [-0.2, -0.15) is 0 Å². The monoisotopic (exact) mass is 546 g/mol.